The normalized spacial score (nSPS) is 18.0. The molecular weight excluding hydrogens is 299 g/mol. The molecule has 1 aliphatic heterocycles. The zero-order chi connectivity index (χ0) is 16.2. The molecule has 0 saturated carbocycles. The average Bonchev–Trinajstić information content (AvgIpc) is 3.00. The first kappa shape index (κ1) is 15.5. The molecule has 1 fully saturated rings. The van der Waals surface area contributed by atoms with Crippen molar-refractivity contribution in [2.45, 2.75) is 6.04 Å². The van der Waals surface area contributed by atoms with E-state index in [-0.39, 0.29) is 24.3 Å². The Labute approximate surface area is 133 Å². The van der Waals surface area contributed by atoms with Crippen molar-refractivity contribution in [1.29, 1.82) is 0 Å². The van der Waals surface area contributed by atoms with Crippen LogP contribution in [0.25, 0.3) is 0 Å². The lowest BCUT2D eigenvalue weighted by Crippen LogP contribution is -2.49. The van der Waals surface area contributed by atoms with Crippen molar-refractivity contribution in [1.82, 2.24) is 20.0 Å². The fourth-order valence-electron chi connectivity index (χ4n) is 2.61. The number of para-hydroxylation sites is 1. The highest BCUT2D eigenvalue weighted by Gasteiger charge is 2.25. The molecule has 1 unspecified atom stereocenters. The Morgan fingerprint density at radius 3 is 3.04 bits per heavy atom. The van der Waals surface area contributed by atoms with E-state index in [9.17, 15) is 9.18 Å². The largest absolute Gasteiger partial charge is 0.481 e. The van der Waals surface area contributed by atoms with Crippen LogP contribution in [0.5, 0.6) is 5.75 Å². The Hall–Kier alpha value is -2.41. The van der Waals surface area contributed by atoms with Gasteiger partial charge in [0, 0.05) is 38.4 Å². The third-order valence-electron chi connectivity index (χ3n) is 3.84. The van der Waals surface area contributed by atoms with Crippen molar-refractivity contribution in [2.75, 3.05) is 26.2 Å². The van der Waals surface area contributed by atoms with Crippen LogP contribution in [-0.2, 0) is 11.8 Å². The average molecular weight is 318 g/mol. The summed E-state index contributed by atoms with van der Waals surface area (Å²) in [7, 11) is 1.86. The zero-order valence-corrected chi connectivity index (χ0v) is 12.9. The minimum Gasteiger partial charge on any atom is -0.481 e. The van der Waals surface area contributed by atoms with Gasteiger partial charge in [0.25, 0.3) is 5.91 Å². The second-order valence-corrected chi connectivity index (χ2v) is 5.51. The van der Waals surface area contributed by atoms with Crippen molar-refractivity contribution in [3.63, 3.8) is 0 Å². The number of aromatic nitrogens is 2. The summed E-state index contributed by atoms with van der Waals surface area (Å²) in [4.78, 5) is 14.0. The third kappa shape index (κ3) is 3.68. The van der Waals surface area contributed by atoms with Crippen LogP contribution in [-0.4, -0.2) is 46.8 Å². The van der Waals surface area contributed by atoms with Crippen LogP contribution < -0.4 is 10.1 Å². The van der Waals surface area contributed by atoms with E-state index in [0.29, 0.717) is 19.6 Å². The summed E-state index contributed by atoms with van der Waals surface area (Å²) < 4.78 is 20.5. The Bertz CT molecular complexity index is 688. The summed E-state index contributed by atoms with van der Waals surface area (Å²) in [6.45, 7) is 1.69. The molecule has 1 aromatic heterocycles. The van der Waals surface area contributed by atoms with E-state index in [1.165, 1.54) is 12.1 Å². The van der Waals surface area contributed by atoms with E-state index in [4.69, 9.17) is 4.74 Å². The lowest BCUT2D eigenvalue weighted by Gasteiger charge is -2.33. The van der Waals surface area contributed by atoms with Gasteiger partial charge in [0.15, 0.2) is 18.2 Å². The van der Waals surface area contributed by atoms with Crippen LogP contribution in [0.2, 0.25) is 0 Å². The maximum Gasteiger partial charge on any atom is 0.260 e. The molecule has 0 radical (unpaired) electrons. The molecule has 1 aromatic carbocycles. The second kappa shape index (κ2) is 6.78. The van der Waals surface area contributed by atoms with Gasteiger partial charge in [-0.1, -0.05) is 12.1 Å². The number of hydrogen-bond acceptors (Lipinski definition) is 4. The monoisotopic (exact) mass is 318 g/mol. The molecule has 1 atom stereocenters. The van der Waals surface area contributed by atoms with Crippen LogP contribution in [0.3, 0.4) is 0 Å². The van der Waals surface area contributed by atoms with Crippen LogP contribution in [0.1, 0.15) is 11.6 Å². The number of halogens is 1. The fraction of sp³-hybridized carbons (Fsp3) is 0.375. The quantitative estimate of drug-likeness (QED) is 0.917. The highest BCUT2D eigenvalue weighted by molar-refractivity contribution is 5.78. The van der Waals surface area contributed by atoms with Crippen LogP contribution in [0, 0.1) is 5.82 Å². The summed E-state index contributed by atoms with van der Waals surface area (Å²) in [5.41, 5.74) is 1.04. The summed E-state index contributed by atoms with van der Waals surface area (Å²) in [6.07, 6.45) is 3.73. The second-order valence-electron chi connectivity index (χ2n) is 5.51. The SMILES string of the molecule is Cn1cc(C2CN(C(=O)COc3ccccc3F)CCN2)cn1. The van der Waals surface area contributed by atoms with Gasteiger partial charge in [-0.25, -0.2) is 4.39 Å². The van der Waals surface area contributed by atoms with Gasteiger partial charge in [-0.05, 0) is 12.1 Å². The molecule has 7 heteroatoms. The highest BCUT2D eigenvalue weighted by atomic mass is 19.1. The number of carbonyl (C=O) groups excluding carboxylic acids is 1. The molecule has 1 N–H and O–H groups in total. The molecular formula is C16H19FN4O2. The van der Waals surface area contributed by atoms with Crippen molar-refractivity contribution in [2.24, 2.45) is 7.05 Å². The molecule has 3 rings (SSSR count). The molecule has 2 heterocycles. The van der Waals surface area contributed by atoms with Gasteiger partial charge >= 0.3 is 0 Å². The molecule has 0 spiro atoms. The smallest absolute Gasteiger partial charge is 0.260 e. The van der Waals surface area contributed by atoms with Gasteiger partial charge < -0.3 is 15.0 Å². The number of hydrogen-bond donors (Lipinski definition) is 1. The lowest BCUT2D eigenvalue weighted by atomic mass is 10.1. The van der Waals surface area contributed by atoms with Crippen molar-refractivity contribution >= 4 is 5.91 Å². The number of rotatable bonds is 4. The molecule has 122 valence electrons. The maximum atomic E-state index is 13.5. The van der Waals surface area contributed by atoms with E-state index >= 15 is 0 Å². The molecule has 0 bridgehead atoms. The molecule has 1 amide bonds. The molecule has 0 aliphatic carbocycles. The number of carbonyl (C=O) groups is 1. The Morgan fingerprint density at radius 2 is 2.30 bits per heavy atom. The predicted molar refractivity (Wildman–Crippen MR) is 82.4 cm³/mol. The molecule has 23 heavy (non-hydrogen) atoms. The molecule has 6 nitrogen and oxygen atoms in total. The standard InChI is InChI=1S/C16H19FN4O2/c1-20-9-12(8-19-20)14-10-21(7-6-18-14)16(22)11-23-15-5-3-2-4-13(15)17/h2-5,8-9,14,18H,6-7,10-11H2,1H3. The summed E-state index contributed by atoms with van der Waals surface area (Å²) in [6, 6.07) is 6.13. The van der Waals surface area contributed by atoms with Crippen LogP contribution in [0.15, 0.2) is 36.7 Å². The van der Waals surface area contributed by atoms with Gasteiger partial charge in [-0.2, -0.15) is 5.10 Å². The van der Waals surface area contributed by atoms with E-state index in [0.717, 1.165) is 5.56 Å². The van der Waals surface area contributed by atoms with E-state index in [1.54, 1.807) is 27.9 Å². The first-order chi connectivity index (χ1) is 11.1. The number of nitrogens with one attached hydrogen (secondary N) is 1. The van der Waals surface area contributed by atoms with Gasteiger partial charge in [-0.3, -0.25) is 9.48 Å². The van der Waals surface area contributed by atoms with Gasteiger partial charge in [0.05, 0.1) is 12.2 Å². The van der Waals surface area contributed by atoms with Gasteiger partial charge in [0.1, 0.15) is 0 Å². The van der Waals surface area contributed by atoms with Crippen LogP contribution >= 0.6 is 0 Å². The molecule has 2 aromatic rings. The summed E-state index contributed by atoms with van der Waals surface area (Å²) in [5, 5.41) is 7.52. The number of nitrogens with zero attached hydrogens (tertiary/aromatic N) is 3. The lowest BCUT2D eigenvalue weighted by molar-refractivity contribution is -0.134. The Kier molecular flexibility index (Phi) is 4.57. The molecule has 1 saturated heterocycles. The van der Waals surface area contributed by atoms with E-state index in [1.807, 2.05) is 13.2 Å². The zero-order valence-electron chi connectivity index (χ0n) is 12.9. The van der Waals surface area contributed by atoms with Gasteiger partial charge in [0.2, 0.25) is 0 Å². The topological polar surface area (TPSA) is 59.4 Å². The Balaban J connectivity index is 1.58. The van der Waals surface area contributed by atoms with Crippen molar-refractivity contribution in [3.8, 4) is 5.75 Å². The minimum atomic E-state index is -0.464. The fourth-order valence-corrected chi connectivity index (χ4v) is 2.61. The number of ether oxygens (including phenoxy) is 1. The molecule has 1 aliphatic rings. The number of piperazine rings is 1. The minimum absolute atomic E-state index is 0.0508. The Morgan fingerprint density at radius 1 is 1.48 bits per heavy atom. The van der Waals surface area contributed by atoms with E-state index < -0.39 is 5.82 Å². The van der Waals surface area contributed by atoms with Crippen LogP contribution in [0.4, 0.5) is 4.39 Å². The first-order valence-corrected chi connectivity index (χ1v) is 7.50. The third-order valence-corrected chi connectivity index (χ3v) is 3.84. The highest BCUT2D eigenvalue weighted by Crippen LogP contribution is 2.18. The van der Waals surface area contributed by atoms with Gasteiger partial charge in [-0.15, -0.1) is 0 Å². The van der Waals surface area contributed by atoms with Crippen molar-refractivity contribution < 1.29 is 13.9 Å². The number of aryl methyl sites for hydroxylation is 1. The first-order valence-electron chi connectivity index (χ1n) is 7.50. The predicted octanol–water partition coefficient (Wildman–Crippen LogP) is 1.11. The summed E-state index contributed by atoms with van der Waals surface area (Å²) >= 11 is 0. The van der Waals surface area contributed by atoms with E-state index in [2.05, 4.69) is 10.4 Å². The maximum absolute atomic E-state index is 13.5. The summed E-state index contributed by atoms with van der Waals surface area (Å²) in [5.74, 6) is -0.516. The number of benzene rings is 1. The van der Waals surface area contributed by atoms with Crippen molar-refractivity contribution in [3.05, 3.63) is 48.0 Å². The number of amides is 1.